The highest BCUT2D eigenvalue weighted by Crippen LogP contribution is 2.25. The van der Waals surface area contributed by atoms with Gasteiger partial charge in [0.25, 0.3) is 0 Å². The van der Waals surface area contributed by atoms with E-state index in [-0.39, 0.29) is 4.90 Å². The van der Waals surface area contributed by atoms with Gasteiger partial charge in [-0.25, -0.2) is 17.9 Å². The molecular weight excluding hydrogens is 350 g/mol. The molecule has 24 heavy (non-hydrogen) atoms. The number of esters is 1. The van der Waals surface area contributed by atoms with Crippen LogP contribution in [0.2, 0.25) is 5.02 Å². The first-order valence-corrected chi connectivity index (χ1v) is 9.08. The topological polar surface area (TPSA) is 72.5 Å². The predicted molar refractivity (Wildman–Crippen MR) is 92.7 cm³/mol. The molecule has 0 aliphatic rings. The second-order valence-electron chi connectivity index (χ2n) is 5.34. The third kappa shape index (κ3) is 3.95. The summed E-state index contributed by atoms with van der Waals surface area (Å²) in [7, 11) is -2.49. The molecule has 1 unspecified atom stereocenters. The maximum Gasteiger partial charge on any atom is 0.337 e. The number of hydrogen-bond acceptors (Lipinski definition) is 4. The molecule has 0 amide bonds. The zero-order valence-electron chi connectivity index (χ0n) is 13.5. The molecule has 2 aromatic rings. The number of aryl methyl sites for hydroxylation is 1. The highest BCUT2D eigenvalue weighted by Gasteiger charge is 2.22. The number of methoxy groups -OCH3 is 1. The molecular formula is C17H18ClNO4S. The molecule has 2 rings (SSSR count). The molecule has 0 spiro atoms. The van der Waals surface area contributed by atoms with Crippen LogP contribution in [0.1, 0.15) is 34.5 Å². The van der Waals surface area contributed by atoms with Crippen LogP contribution in [0.15, 0.2) is 47.4 Å². The van der Waals surface area contributed by atoms with Crippen LogP contribution in [-0.4, -0.2) is 21.5 Å². The summed E-state index contributed by atoms with van der Waals surface area (Å²) >= 11 is 6.11. The Morgan fingerprint density at radius 2 is 1.88 bits per heavy atom. The highest BCUT2D eigenvalue weighted by molar-refractivity contribution is 7.89. The standard InChI is InChI=1S/C17H18ClNO4S/c1-11-10-13(17(20)23-3)8-9-16(11)24(21,22)19-12(2)14-6-4-5-7-15(14)18/h4-10,12,19H,1-3H3. The molecule has 0 aromatic heterocycles. The largest absolute Gasteiger partial charge is 0.465 e. The van der Waals surface area contributed by atoms with E-state index in [0.29, 0.717) is 21.7 Å². The van der Waals surface area contributed by atoms with Crippen LogP contribution >= 0.6 is 11.6 Å². The molecule has 2 aromatic carbocycles. The van der Waals surface area contributed by atoms with E-state index in [1.54, 1.807) is 38.1 Å². The molecule has 0 bridgehead atoms. The van der Waals surface area contributed by atoms with Crippen LogP contribution in [0.3, 0.4) is 0 Å². The summed E-state index contributed by atoms with van der Waals surface area (Å²) in [5.41, 5.74) is 1.44. The van der Waals surface area contributed by atoms with Crippen LogP contribution in [0.25, 0.3) is 0 Å². The fourth-order valence-electron chi connectivity index (χ4n) is 2.38. The van der Waals surface area contributed by atoms with Gasteiger partial charge in [0.1, 0.15) is 0 Å². The van der Waals surface area contributed by atoms with Crippen molar-refractivity contribution in [2.75, 3.05) is 7.11 Å². The van der Waals surface area contributed by atoms with E-state index in [4.69, 9.17) is 11.6 Å². The minimum absolute atomic E-state index is 0.106. The van der Waals surface area contributed by atoms with E-state index in [0.717, 1.165) is 0 Å². The number of benzene rings is 2. The molecule has 1 N–H and O–H groups in total. The third-order valence-corrected chi connectivity index (χ3v) is 5.63. The normalized spacial score (nSPS) is 12.7. The number of nitrogens with one attached hydrogen (secondary N) is 1. The quantitative estimate of drug-likeness (QED) is 0.821. The monoisotopic (exact) mass is 367 g/mol. The average molecular weight is 368 g/mol. The van der Waals surface area contributed by atoms with Gasteiger partial charge in [0.05, 0.1) is 17.6 Å². The Morgan fingerprint density at radius 3 is 2.46 bits per heavy atom. The van der Waals surface area contributed by atoms with Crippen molar-refractivity contribution in [2.24, 2.45) is 0 Å². The molecule has 0 radical (unpaired) electrons. The molecule has 7 heteroatoms. The molecule has 0 aliphatic carbocycles. The van der Waals surface area contributed by atoms with Gasteiger partial charge in [0.2, 0.25) is 10.0 Å². The van der Waals surface area contributed by atoms with Gasteiger partial charge in [0.15, 0.2) is 0 Å². The molecule has 0 saturated heterocycles. The van der Waals surface area contributed by atoms with Crippen LogP contribution in [0, 0.1) is 6.92 Å². The van der Waals surface area contributed by atoms with Crippen molar-refractivity contribution in [1.82, 2.24) is 4.72 Å². The maximum atomic E-state index is 12.6. The lowest BCUT2D eigenvalue weighted by Crippen LogP contribution is -2.27. The zero-order valence-corrected chi connectivity index (χ0v) is 15.1. The Bertz CT molecular complexity index is 865. The molecule has 5 nitrogen and oxygen atoms in total. The average Bonchev–Trinajstić information content (AvgIpc) is 2.53. The van der Waals surface area contributed by atoms with Gasteiger partial charge in [0, 0.05) is 11.1 Å². The van der Waals surface area contributed by atoms with Crippen LogP contribution in [-0.2, 0) is 14.8 Å². The number of hydrogen-bond donors (Lipinski definition) is 1. The van der Waals surface area contributed by atoms with Crippen molar-refractivity contribution in [1.29, 1.82) is 0 Å². The van der Waals surface area contributed by atoms with E-state index >= 15 is 0 Å². The fourth-order valence-corrected chi connectivity index (χ4v) is 4.13. The van der Waals surface area contributed by atoms with Gasteiger partial charge < -0.3 is 4.74 Å². The van der Waals surface area contributed by atoms with E-state index in [1.807, 2.05) is 0 Å². The summed E-state index contributed by atoms with van der Waals surface area (Å²) in [5, 5.41) is 0.491. The van der Waals surface area contributed by atoms with Crippen LogP contribution in [0.4, 0.5) is 0 Å². The summed E-state index contributed by atoms with van der Waals surface area (Å²) in [6.45, 7) is 3.35. The predicted octanol–water partition coefficient (Wildman–Crippen LogP) is 3.47. The van der Waals surface area contributed by atoms with Gasteiger partial charge in [-0.05, 0) is 49.2 Å². The summed E-state index contributed by atoms with van der Waals surface area (Å²) < 4.78 is 32.5. The number of carbonyl (C=O) groups excluding carboxylic acids is 1. The van der Waals surface area contributed by atoms with Crippen molar-refractivity contribution in [3.05, 3.63) is 64.2 Å². The van der Waals surface area contributed by atoms with Gasteiger partial charge in [-0.1, -0.05) is 29.8 Å². The van der Waals surface area contributed by atoms with E-state index in [9.17, 15) is 13.2 Å². The van der Waals surface area contributed by atoms with Crippen molar-refractivity contribution in [2.45, 2.75) is 24.8 Å². The van der Waals surface area contributed by atoms with Crippen molar-refractivity contribution in [3.8, 4) is 0 Å². The number of carbonyl (C=O) groups is 1. The summed E-state index contributed by atoms with van der Waals surface area (Å²) in [6, 6.07) is 10.9. The Labute approximate surface area is 146 Å². The second-order valence-corrected chi connectivity index (χ2v) is 7.43. The lowest BCUT2D eigenvalue weighted by Gasteiger charge is -2.17. The highest BCUT2D eigenvalue weighted by atomic mass is 35.5. The van der Waals surface area contributed by atoms with Gasteiger partial charge in [-0.2, -0.15) is 0 Å². The number of sulfonamides is 1. The van der Waals surface area contributed by atoms with Crippen LogP contribution in [0.5, 0.6) is 0 Å². The van der Waals surface area contributed by atoms with E-state index < -0.39 is 22.0 Å². The number of halogens is 1. The summed E-state index contributed by atoms with van der Waals surface area (Å²) in [5.74, 6) is -0.514. The smallest absolute Gasteiger partial charge is 0.337 e. The molecule has 0 heterocycles. The molecule has 0 saturated carbocycles. The number of rotatable bonds is 5. The van der Waals surface area contributed by atoms with E-state index in [1.165, 1.54) is 25.3 Å². The summed E-state index contributed by atoms with van der Waals surface area (Å²) in [4.78, 5) is 11.6. The first kappa shape index (κ1) is 18.4. The zero-order chi connectivity index (χ0) is 17.9. The lowest BCUT2D eigenvalue weighted by atomic mass is 10.1. The van der Waals surface area contributed by atoms with Crippen molar-refractivity contribution >= 4 is 27.6 Å². The first-order chi connectivity index (χ1) is 11.3. The van der Waals surface area contributed by atoms with Gasteiger partial charge >= 0.3 is 5.97 Å². The summed E-state index contributed by atoms with van der Waals surface area (Å²) in [6.07, 6.45) is 0. The molecule has 0 fully saturated rings. The SMILES string of the molecule is COC(=O)c1ccc(S(=O)(=O)NC(C)c2ccccc2Cl)c(C)c1. The first-order valence-electron chi connectivity index (χ1n) is 7.22. The minimum Gasteiger partial charge on any atom is -0.465 e. The van der Waals surface area contributed by atoms with Crippen molar-refractivity contribution in [3.63, 3.8) is 0 Å². The fraction of sp³-hybridized carbons (Fsp3) is 0.235. The second kappa shape index (κ2) is 7.34. The van der Waals surface area contributed by atoms with E-state index in [2.05, 4.69) is 9.46 Å². The Morgan fingerprint density at radius 1 is 1.21 bits per heavy atom. The Balaban J connectivity index is 2.31. The third-order valence-electron chi connectivity index (χ3n) is 3.59. The van der Waals surface area contributed by atoms with Crippen molar-refractivity contribution < 1.29 is 17.9 Å². The number of ether oxygens (including phenoxy) is 1. The Kier molecular flexibility index (Phi) is 5.64. The van der Waals surface area contributed by atoms with Gasteiger partial charge in [-0.3, -0.25) is 0 Å². The maximum absolute atomic E-state index is 12.6. The van der Waals surface area contributed by atoms with Crippen LogP contribution < -0.4 is 4.72 Å². The lowest BCUT2D eigenvalue weighted by molar-refractivity contribution is 0.0600. The molecule has 1 atom stereocenters. The van der Waals surface area contributed by atoms with Gasteiger partial charge in [-0.15, -0.1) is 0 Å². The minimum atomic E-state index is -3.77. The molecule has 128 valence electrons. The molecule has 0 aliphatic heterocycles. The Hall–Kier alpha value is -1.89.